The van der Waals surface area contributed by atoms with Gasteiger partial charge < -0.3 is 14.1 Å². The second-order valence-electron chi connectivity index (χ2n) is 4.50. The van der Waals surface area contributed by atoms with E-state index in [1.165, 1.54) is 11.8 Å². The smallest absolute Gasteiger partial charge is 0.205 e. The number of rotatable bonds is 5. The van der Waals surface area contributed by atoms with Gasteiger partial charge >= 0.3 is 0 Å². The quantitative estimate of drug-likeness (QED) is 0.722. The molecule has 0 bridgehead atoms. The van der Waals surface area contributed by atoms with E-state index in [9.17, 15) is 0 Å². The summed E-state index contributed by atoms with van der Waals surface area (Å²) in [5.74, 6) is 2.25. The van der Waals surface area contributed by atoms with Crippen molar-refractivity contribution < 1.29 is 9.52 Å². The molecule has 0 aliphatic rings. The van der Waals surface area contributed by atoms with Crippen LogP contribution in [0.1, 0.15) is 11.7 Å². The molecule has 2 heterocycles. The van der Waals surface area contributed by atoms with Crippen LogP contribution in [0.25, 0.3) is 11.3 Å². The summed E-state index contributed by atoms with van der Waals surface area (Å²) in [4.78, 5) is 4.25. The van der Waals surface area contributed by atoms with E-state index in [2.05, 4.69) is 15.2 Å². The minimum Gasteiger partial charge on any atom is -0.440 e. The molecular weight excluding hydrogens is 324 g/mol. The van der Waals surface area contributed by atoms with Gasteiger partial charge in [-0.2, -0.15) is 0 Å². The highest BCUT2D eigenvalue weighted by Crippen LogP contribution is 2.29. The van der Waals surface area contributed by atoms with Crippen molar-refractivity contribution in [3.05, 3.63) is 47.2 Å². The maximum Gasteiger partial charge on any atom is 0.205 e. The minimum atomic E-state index is -0.139. The van der Waals surface area contributed by atoms with Crippen LogP contribution in [0.4, 0.5) is 0 Å². The molecule has 6 nitrogen and oxygen atoms in total. The summed E-state index contributed by atoms with van der Waals surface area (Å²) in [5, 5.41) is 18.3. The molecule has 0 aliphatic heterocycles. The highest BCUT2D eigenvalue weighted by atomic mass is 35.5. The Morgan fingerprint density at radius 2 is 2.14 bits per heavy atom. The number of thioether (sulfide) groups is 1. The molecule has 0 atom stereocenters. The van der Waals surface area contributed by atoms with Crippen LogP contribution in [0.2, 0.25) is 5.02 Å². The van der Waals surface area contributed by atoms with Crippen molar-refractivity contribution in [2.75, 3.05) is 0 Å². The van der Waals surface area contributed by atoms with Crippen molar-refractivity contribution >= 4 is 23.4 Å². The van der Waals surface area contributed by atoms with Crippen molar-refractivity contribution in [3.8, 4) is 11.3 Å². The largest absolute Gasteiger partial charge is 0.440 e. The Labute approximate surface area is 136 Å². The van der Waals surface area contributed by atoms with Gasteiger partial charge in [0.05, 0.1) is 17.0 Å². The second-order valence-corrected chi connectivity index (χ2v) is 5.85. The summed E-state index contributed by atoms with van der Waals surface area (Å²) in [6.07, 6.45) is 1.66. The molecule has 0 saturated heterocycles. The van der Waals surface area contributed by atoms with Gasteiger partial charge in [0.1, 0.15) is 6.61 Å². The zero-order valence-corrected chi connectivity index (χ0v) is 13.3. The van der Waals surface area contributed by atoms with Gasteiger partial charge in [0.15, 0.2) is 16.7 Å². The fraction of sp³-hybridized carbons (Fsp3) is 0.214. The average molecular weight is 337 g/mol. The van der Waals surface area contributed by atoms with Crippen molar-refractivity contribution in [1.29, 1.82) is 0 Å². The summed E-state index contributed by atoms with van der Waals surface area (Å²) in [5.41, 5.74) is 0.814. The number of nitrogens with zero attached hydrogens (tertiary/aromatic N) is 4. The molecule has 1 N–H and O–H groups in total. The molecule has 0 unspecified atom stereocenters. The van der Waals surface area contributed by atoms with Gasteiger partial charge in [-0.1, -0.05) is 35.5 Å². The molecular formula is C14H13ClN4O2S. The van der Waals surface area contributed by atoms with Gasteiger partial charge in [-0.15, -0.1) is 10.2 Å². The van der Waals surface area contributed by atoms with Gasteiger partial charge in [0.25, 0.3) is 0 Å². The van der Waals surface area contributed by atoms with E-state index in [1.807, 2.05) is 24.3 Å². The Morgan fingerprint density at radius 1 is 1.32 bits per heavy atom. The third-order valence-electron chi connectivity index (χ3n) is 3.08. The lowest BCUT2D eigenvalue weighted by Gasteiger charge is -2.00. The normalized spacial score (nSPS) is 11.0. The van der Waals surface area contributed by atoms with E-state index in [0.717, 1.165) is 5.56 Å². The predicted molar refractivity (Wildman–Crippen MR) is 83.4 cm³/mol. The lowest BCUT2D eigenvalue weighted by Crippen LogP contribution is -1.98. The second kappa shape index (κ2) is 6.51. The van der Waals surface area contributed by atoms with E-state index < -0.39 is 0 Å². The molecule has 2 aromatic heterocycles. The van der Waals surface area contributed by atoms with Crippen LogP contribution in [0.5, 0.6) is 0 Å². The Balaban J connectivity index is 1.72. The number of halogens is 1. The van der Waals surface area contributed by atoms with E-state index in [4.69, 9.17) is 21.1 Å². The Morgan fingerprint density at radius 3 is 2.86 bits per heavy atom. The molecule has 0 spiro atoms. The fourth-order valence-corrected chi connectivity index (χ4v) is 2.91. The third-order valence-corrected chi connectivity index (χ3v) is 4.42. The molecule has 3 aromatic rings. The molecule has 0 fully saturated rings. The molecule has 114 valence electrons. The summed E-state index contributed by atoms with van der Waals surface area (Å²) in [7, 11) is 1.80. The number of hydrogen-bond donors (Lipinski definition) is 1. The summed E-state index contributed by atoms with van der Waals surface area (Å²) >= 11 is 7.58. The first-order valence-corrected chi connectivity index (χ1v) is 7.87. The van der Waals surface area contributed by atoms with Crippen LogP contribution < -0.4 is 0 Å². The number of benzene rings is 1. The molecule has 0 aliphatic carbocycles. The SMILES string of the molecule is Cn1c(CO)nnc1SCc1ncc(-c2ccccc2Cl)o1. The highest BCUT2D eigenvalue weighted by molar-refractivity contribution is 7.98. The predicted octanol–water partition coefficient (Wildman–Crippen LogP) is 2.91. The maximum absolute atomic E-state index is 9.10. The van der Waals surface area contributed by atoms with Crippen molar-refractivity contribution in [2.24, 2.45) is 7.05 Å². The first-order chi connectivity index (χ1) is 10.7. The van der Waals surface area contributed by atoms with Crippen LogP contribution in [0.3, 0.4) is 0 Å². The lowest BCUT2D eigenvalue weighted by atomic mass is 10.2. The zero-order chi connectivity index (χ0) is 15.5. The van der Waals surface area contributed by atoms with Crippen LogP contribution >= 0.6 is 23.4 Å². The standard InChI is InChI=1S/C14H13ClN4O2S/c1-19-12(7-20)17-18-14(19)22-8-13-16-6-11(21-13)9-4-2-3-5-10(9)15/h2-6,20H,7-8H2,1H3. The Hall–Kier alpha value is -1.83. The van der Waals surface area contributed by atoms with E-state index in [0.29, 0.717) is 33.4 Å². The number of hydrogen-bond acceptors (Lipinski definition) is 6. The van der Waals surface area contributed by atoms with Gasteiger partial charge in [0.2, 0.25) is 5.89 Å². The average Bonchev–Trinajstić information content (AvgIpc) is 3.12. The molecule has 22 heavy (non-hydrogen) atoms. The molecule has 3 rings (SSSR count). The van der Waals surface area contributed by atoms with Gasteiger partial charge in [-0.3, -0.25) is 0 Å². The summed E-state index contributed by atoms with van der Waals surface area (Å²) < 4.78 is 7.46. The van der Waals surface area contributed by atoms with Crippen LogP contribution in [-0.4, -0.2) is 24.9 Å². The van der Waals surface area contributed by atoms with Crippen molar-refractivity contribution in [3.63, 3.8) is 0 Å². The van der Waals surface area contributed by atoms with E-state index >= 15 is 0 Å². The van der Waals surface area contributed by atoms with Crippen LogP contribution in [0.15, 0.2) is 40.0 Å². The monoisotopic (exact) mass is 336 g/mol. The summed E-state index contributed by atoms with van der Waals surface area (Å²) in [6, 6.07) is 7.46. The number of aliphatic hydroxyl groups is 1. The lowest BCUT2D eigenvalue weighted by molar-refractivity contribution is 0.266. The zero-order valence-electron chi connectivity index (χ0n) is 11.7. The molecule has 0 amide bonds. The molecule has 0 radical (unpaired) electrons. The third kappa shape index (κ3) is 3.01. The topological polar surface area (TPSA) is 77.0 Å². The minimum absolute atomic E-state index is 0.139. The van der Waals surface area contributed by atoms with Gasteiger partial charge in [-0.05, 0) is 12.1 Å². The first kappa shape index (κ1) is 15.1. The number of aliphatic hydroxyl groups excluding tert-OH is 1. The highest BCUT2D eigenvalue weighted by Gasteiger charge is 2.12. The van der Waals surface area contributed by atoms with Crippen LogP contribution in [-0.2, 0) is 19.4 Å². The Bertz CT molecular complexity index is 787. The number of aromatic nitrogens is 4. The van der Waals surface area contributed by atoms with E-state index in [-0.39, 0.29) is 6.61 Å². The van der Waals surface area contributed by atoms with Crippen LogP contribution in [0, 0.1) is 0 Å². The summed E-state index contributed by atoms with van der Waals surface area (Å²) in [6.45, 7) is -0.139. The molecule has 0 saturated carbocycles. The maximum atomic E-state index is 9.10. The van der Waals surface area contributed by atoms with Crippen molar-refractivity contribution in [2.45, 2.75) is 17.5 Å². The Kier molecular flexibility index (Phi) is 4.47. The van der Waals surface area contributed by atoms with E-state index in [1.54, 1.807) is 17.8 Å². The van der Waals surface area contributed by atoms with Crippen molar-refractivity contribution in [1.82, 2.24) is 19.7 Å². The number of oxazole rings is 1. The van der Waals surface area contributed by atoms with Gasteiger partial charge in [-0.25, -0.2) is 4.98 Å². The molecule has 1 aromatic carbocycles. The first-order valence-electron chi connectivity index (χ1n) is 6.50. The fourth-order valence-electron chi connectivity index (χ4n) is 1.90. The molecule has 8 heteroatoms. The van der Waals surface area contributed by atoms with Gasteiger partial charge in [0, 0.05) is 12.6 Å².